The molecule has 0 radical (unpaired) electrons. The fraction of sp³-hybridized carbons (Fsp3) is 0.500. The van der Waals surface area contributed by atoms with Crippen LogP contribution in [0.25, 0.3) is 11.1 Å². The van der Waals surface area contributed by atoms with Crippen LogP contribution in [0.3, 0.4) is 0 Å². The Kier molecular flexibility index (Phi) is 6.09. The first-order chi connectivity index (χ1) is 16.5. The number of hydrogen-bond acceptors (Lipinski definition) is 0. The standard InChI is InChI=1S/C15H13.2C6H11.C5H5.H2Si.Zr/c1-10-3-5-14-12(7-10)9-13-8-11(2)4-6-15(13)14;2*1-2-4-6-5-3-1;1-2-4-5-3-1;;/h3-7H,9H2,1-2H3;2*1H,2-6H2;1-3H,4H2;1H2;. The van der Waals surface area contributed by atoms with Crippen molar-refractivity contribution in [2.45, 2.75) is 98.1 Å². The van der Waals surface area contributed by atoms with Gasteiger partial charge in [-0.2, -0.15) is 0 Å². The van der Waals surface area contributed by atoms with Gasteiger partial charge < -0.3 is 0 Å². The number of benzene rings is 2. The maximum absolute atomic E-state index is 3.68. The van der Waals surface area contributed by atoms with E-state index in [4.69, 9.17) is 0 Å². The molecule has 0 unspecified atom stereocenters. The molecule has 0 atom stereocenters. The van der Waals surface area contributed by atoms with Crippen LogP contribution >= 0.6 is 0 Å². The molecule has 6 rings (SSSR count). The molecule has 178 valence electrons. The Morgan fingerprint density at radius 2 is 1.44 bits per heavy atom. The van der Waals surface area contributed by atoms with E-state index >= 15 is 0 Å². The zero-order valence-electron chi connectivity index (χ0n) is 21.5. The fourth-order valence-corrected chi connectivity index (χ4v) is 41.5. The van der Waals surface area contributed by atoms with Gasteiger partial charge >= 0.3 is 211 Å². The Bertz CT molecular complexity index is 1230. The van der Waals surface area contributed by atoms with Gasteiger partial charge in [0.2, 0.25) is 0 Å². The van der Waals surface area contributed by atoms with E-state index in [9.17, 15) is 0 Å². The van der Waals surface area contributed by atoms with Gasteiger partial charge in [-0.3, -0.25) is 0 Å². The van der Waals surface area contributed by atoms with Crippen molar-refractivity contribution in [2.75, 3.05) is 0 Å². The molecule has 2 fully saturated rings. The summed E-state index contributed by atoms with van der Waals surface area (Å²) in [6.07, 6.45) is 24.8. The summed E-state index contributed by atoms with van der Waals surface area (Å²) in [5.74, 6) is 0. The SMILES string of the molecule is Cc1ccc2c(c1)Cc1c-2ccc(C)[c]1[Zr](=[SiH2])([C]1=CC=CC1)([CH]1CCCCC1)[CH]1CCCCC1. The van der Waals surface area contributed by atoms with Crippen LogP contribution in [0.2, 0.25) is 7.25 Å². The predicted octanol–water partition coefficient (Wildman–Crippen LogP) is 8.09. The molecule has 0 saturated heterocycles. The summed E-state index contributed by atoms with van der Waals surface area (Å²) in [7, 11) is 0. The molecule has 0 heterocycles. The van der Waals surface area contributed by atoms with Crippen molar-refractivity contribution in [3.8, 4) is 11.1 Å². The molecule has 2 aromatic carbocycles. The molecular weight excluding hydrogens is 504 g/mol. The van der Waals surface area contributed by atoms with E-state index in [1.54, 1.807) is 22.3 Å². The van der Waals surface area contributed by atoms with E-state index in [1.807, 2.05) is 6.55 Å². The molecule has 0 spiro atoms. The first-order valence-corrected chi connectivity index (χ1v) is 25.4. The second kappa shape index (κ2) is 8.85. The summed E-state index contributed by atoms with van der Waals surface area (Å²) in [5.41, 5.74) is 9.52. The summed E-state index contributed by atoms with van der Waals surface area (Å²) in [5, 5.41) is 0. The summed E-state index contributed by atoms with van der Waals surface area (Å²) in [4.78, 5) is 0. The van der Waals surface area contributed by atoms with Crippen molar-refractivity contribution in [1.29, 1.82) is 0 Å². The van der Waals surface area contributed by atoms with E-state index in [1.165, 1.54) is 88.2 Å². The summed E-state index contributed by atoms with van der Waals surface area (Å²) >= 11 is -3.68. The van der Waals surface area contributed by atoms with Gasteiger partial charge in [0.25, 0.3) is 0 Å². The van der Waals surface area contributed by atoms with Gasteiger partial charge in [-0.25, -0.2) is 0 Å². The molecule has 2 saturated carbocycles. The van der Waals surface area contributed by atoms with E-state index in [0.29, 0.717) is 0 Å². The van der Waals surface area contributed by atoms with Crippen molar-refractivity contribution in [1.82, 2.24) is 0 Å². The Morgan fingerprint density at radius 1 is 0.794 bits per heavy atom. The Balaban J connectivity index is 1.68. The second-order valence-corrected chi connectivity index (χ2v) is 36.1. The Hall–Kier alpha value is -0.980. The zero-order valence-corrected chi connectivity index (χ0v) is 25.3. The van der Waals surface area contributed by atoms with E-state index in [-0.39, 0.29) is 0 Å². The number of rotatable bonds is 4. The van der Waals surface area contributed by atoms with Gasteiger partial charge in [0.1, 0.15) is 0 Å². The molecule has 0 bridgehead atoms. The molecule has 0 amide bonds. The van der Waals surface area contributed by atoms with Crippen LogP contribution in [-0.4, -0.2) is 6.88 Å². The van der Waals surface area contributed by atoms with Crippen molar-refractivity contribution >= 4 is 10.2 Å². The normalized spacial score (nSPS) is 21.4. The first kappa shape index (κ1) is 23.4. The summed E-state index contributed by atoms with van der Waals surface area (Å²) in [6, 6.07) is 12.3. The Labute approximate surface area is 209 Å². The number of hydrogen-bond donors (Lipinski definition) is 0. The molecule has 34 heavy (non-hydrogen) atoms. The molecule has 4 aliphatic rings. The molecule has 2 heteroatoms. The maximum atomic E-state index is 2.69. The zero-order chi connectivity index (χ0) is 23.4. The quantitative estimate of drug-likeness (QED) is 0.291. The summed E-state index contributed by atoms with van der Waals surface area (Å²) in [6.45, 7) is 7.45. The monoisotopic (exact) mass is 544 g/mol. The number of aryl methyl sites for hydroxylation is 2. The van der Waals surface area contributed by atoms with Gasteiger partial charge in [0.05, 0.1) is 0 Å². The van der Waals surface area contributed by atoms with Gasteiger partial charge in [-0.1, -0.05) is 0 Å². The predicted molar refractivity (Wildman–Crippen MR) is 148 cm³/mol. The first-order valence-electron chi connectivity index (χ1n) is 14.1. The third-order valence-electron chi connectivity index (χ3n) is 10.6. The van der Waals surface area contributed by atoms with Crippen molar-refractivity contribution in [2.24, 2.45) is 0 Å². The van der Waals surface area contributed by atoms with Gasteiger partial charge in [-0.05, 0) is 0 Å². The second-order valence-electron chi connectivity index (χ2n) is 12.2. The summed E-state index contributed by atoms with van der Waals surface area (Å²) < 4.78 is 5.87. The van der Waals surface area contributed by atoms with Crippen LogP contribution < -0.4 is 3.27 Å². The molecule has 0 aliphatic heterocycles. The average Bonchev–Trinajstić information content (AvgIpc) is 3.53. The number of allylic oxidation sites excluding steroid dienone is 4. The van der Waals surface area contributed by atoms with E-state index in [0.717, 1.165) is 7.25 Å². The van der Waals surface area contributed by atoms with E-state index in [2.05, 4.69) is 69.3 Å². The molecule has 0 N–H and O–H groups in total. The molecule has 0 nitrogen and oxygen atoms in total. The minimum absolute atomic E-state index is 0.971. The van der Waals surface area contributed by atoms with Crippen LogP contribution in [0.4, 0.5) is 0 Å². The van der Waals surface area contributed by atoms with Crippen molar-refractivity contribution < 1.29 is 17.4 Å². The van der Waals surface area contributed by atoms with Crippen LogP contribution in [0.5, 0.6) is 0 Å². The fourth-order valence-electron chi connectivity index (χ4n) is 9.18. The van der Waals surface area contributed by atoms with Gasteiger partial charge in [0.15, 0.2) is 0 Å². The topological polar surface area (TPSA) is 0 Å². The van der Waals surface area contributed by atoms with E-state index < -0.39 is 17.4 Å². The van der Waals surface area contributed by atoms with Gasteiger partial charge in [0, 0.05) is 0 Å². The molecule has 0 aromatic heterocycles. The molecule has 2 aromatic rings. The molecular formula is C32H42SiZr. The third-order valence-corrected chi connectivity index (χ3v) is 43.5. The van der Waals surface area contributed by atoms with Crippen molar-refractivity contribution in [3.05, 3.63) is 74.1 Å². The molecule has 4 aliphatic carbocycles. The average molecular weight is 546 g/mol. The van der Waals surface area contributed by atoms with Gasteiger partial charge in [-0.15, -0.1) is 0 Å². The number of fused-ring (bicyclic) bond motifs is 3. The van der Waals surface area contributed by atoms with Crippen LogP contribution in [0, 0.1) is 13.8 Å². The van der Waals surface area contributed by atoms with Crippen LogP contribution in [-0.2, 0) is 23.8 Å². The Morgan fingerprint density at radius 3 is 2.06 bits per heavy atom. The van der Waals surface area contributed by atoms with Crippen molar-refractivity contribution in [3.63, 3.8) is 0 Å². The van der Waals surface area contributed by atoms with Crippen LogP contribution in [0.15, 0.2) is 51.8 Å². The van der Waals surface area contributed by atoms with Crippen LogP contribution in [0.1, 0.15) is 92.9 Å². The third kappa shape index (κ3) is 3.30. The minimum atomic E-state index is -3.68.